The van der Waals surface area contributed by atoms with Gasteiger partial charge in [0.2, 0.25) is 5.91 Å². The maximum absolute atomic E-state index is 11.8. The molecular formula is C18H20ClN3O2. The minimum absolute atomic E-state index is 0. The molecule has 0 heterocycles. The van der Waals surface area contributed by atoms with Crippen LogP contribution in [0.3, 0.4) is 0 Å². The molecule has 2 N–H and O–H groups in total. The Hall–Kier alpha value is -2.55. The van der Waals surface area contributed by atoms with Crippen LogP contribution >= 0.6 is 12.4 Å². The topological polar surface area (TPSA) is 79.3 Å². The highest BCUT2D eigenvalue weighted by Crippen LogP contribution is 2.23. The molecular weight excluding hydrogens is 326 g/mol. The Morgan fingerprint density at radius 1 is 1.21 bits per heavy atom. The molecule has 0 radical (unpaired) electrons. The number of hydrogen-bond acceptors (Lipinski definition) is 4. The molecule has 5 nitrogen and oxygen atoms in total. The second-order valence-corrected chi connectivity index (χ2v) is 5.43. The standard InChI is InChI=1S/C18H19N3O2.ClH/c1-21(2)18(22)17(20)11-13-5-3-7-15(9-13)23-16-8-4-6-14(10-16)12-19;/h3-10,17H,11,20H2,1-2H3;1H. The smallest absolute Gasteiger partial charge is 0.239 e. The van der Waals surface area contributed by atoms with E-state index in [1.165, 1.54) is 4.90 Å². The number of nitrogens with zero attached hydrogens (tertiary/aromatic N) is 2. The molecule has 126 valence electrons. The zero-order valence-electron chi connectivity index (χ0n) is 13.6. The zero-order valence-corrected chi connectivity index (χ0v) is 14.4. The van der Waals surface area contributed by atoms with E-state index in [4.69, 9.17) is 15.7 Å². The van der Waals surface area contributed by atoms with Crippen LogP contribution in [0.2, 0.25) is 0 Å². The van der Waals surface area contributed by atoms with Crippen molar-refractivity contribution in [3.8, 4) is 17.6 Å². The third kappa shape index (κ3) is 5.27. The van der Waals surface area contributed by atoms with Gasteiger partial charge in [-0.2, -0.15) is 5.26 Å². The van der Waals surface area contributed by atoms with Crippen LogP contribution in [0.15, 0.2) is 48.5 Å². The third-order valence-electron chi connectivity index (χ3n) is 3.31. The normalized spacial score (nSPS) is 10.9. The Labute approximate surface area is 148 Å². The number of nitriles is 1. The maximum atomic E-state index is 11.8. The molecule has 0 aromatic heterocycles. The Morgan fingerprint density at radius 3 is 2.46 bits per heavy atom. The highest BCUT2D eigenvalue weighted by atomic mass is 35.5. The highest BCUT2D eigenvalue weighted by molar-refractivity contribution is 5.85. The number of rotatable bonds is 5. The lowest BCUT2D eigenvalue weighted by molar-refractivity contribution is -0.130. The minimum Gasteiger partial charge on any atom is -0.457 e. The first-order valence-electron chi connectivity index (χ1n) is 7.23. The van der Waals surface area contributed by atoms with Gasteiger partial charge >= 0.3 is 0 Å². The van der Waals surface area contributed by atoms with Crippen LogP contribution in [0.25, 0.3) is 0 Å². The number of carbonyl (C=O) groups excluding carboxylic acids is 1. The van der Waals surface area contributed by atoms with Crippen molar-refractivity contribution >= 4 is 18.3 Å². The summed E-state index contributed by atoms with van der Waals surface area (Å²) in [5.41, 5.74) is 7.38. The molecule has 0 bridgehead atoms. The first-order chi connectivity index (χ1) is 11.0. The molecule has 0 saturated carbocycles. The van der Waals surface area contributed by atoms with E-state index in [2.05, 4.69) is 6.07 Å². The summed E-state index contributed by atoms with van der Waals surface area (Å²) in [6.45, 7) is 0. The molecule has 1 unspecified atom stereocenters. The fraction of sp³-hybridized carbons (Fsp3) is 0.222. The number of carbonyl (C=O) groups is 1. The summed E-state index contributed by atoms with van der Waals surface area (Å²) >= 11 is 0. The van der Waals surface area contributed by atoms with Crippen molar-refractivity contribution in [2.75, 3.05) is 14.1 Å². The van der Waals surface area contributed by atoms with E-state index in [-0.39, 0.29) is 18.3 Å². The maximum Gasteiger partial charge on any atom is 0.239 e. The number of amides is 1. The lowest BCUT2D eigenvalue weighted by Gasteiger charge is -2.17. The summed E-state index contributed by atoms with van der Waals surface area (Å²) in [5.74, 6) is 1.12. The molecule has 0 aliphatic carbocycles. The van der Waals surface area contributed by atoms with Crippen LogP contribution in [0.4, 0.5) is 0 Å². The van der Waals surface area contributed by atoms with Gasteiger partial charge in [0.1, 0.15) is 11.5 Å². The van der Waals surface area contributed by atoms with Crippen molar-refractivity contribution < 1.29 is 9.53 Å². The summed E-state index contributed by atoms with van der Waals surface area (Å²) in [4.78, 5) is 13.3. The quantitative estimate of drug-likeness (QED) is 0.903. The fourth-order valence-corrected chi connectivity index (χ4v) is 2.17. The number of benzene rings is 2. The van der Waals surface area contributed by atoms with E-state index in [9.17, 15) is 4.79 Å². The molecule has 0 fully saturated rings. The summed E-state index contributed by atoms with van der Waals surface area (Å²) < 4.78 is 5.76. The van der Waals surface area contributed by atoms with Gasteiger partial charge in [-0.25, -0.2) is 0 Å². The molecule has 0 saturated heterocycles. The molecule has 1 atom stereocenters. The third-order valence-corrected chi connectivity index (χ3v) is 3.31. The molecule has 6 heteroatoms. The number of halogens is 1. The number of ether oxygens (including phenoxy) is 1. The highest BCUT2D eigenvalue weighted by Gasteiger charge is 2.16. The van der Waals surface area contributed by atoms with Gasteiger partial charge in [0.25, 0.3) is 0 Å². The second kappa shape index (κ2) is 8.92. The largest absolute Gasteiger partial charge is 0.457 e. The van der Waals surface area contributed by atoms with Crippen molar-refractivity contribution in [3.05, 3.63) is 59.7 Å². The molecule has 2 aromatic rings. The number of nitrogens with two attached hydrogens (primary N) is 1. The molecule has 2 aromatic carbocycles. The monoisotopic (exact) mass is 345 g/mol. The van der Waals surface area contributed by atoms with Crippen molar-refractivity contribution in [2.24, 2.45) is 5.73 Å². The lowest BCUT2D eigenvalue weighted by atomic mass is 10.1. The van der Waals surface area contributed by atoms with Crippen LogP contribution in [-0.2, 0) is 11.2 Å². The lowest BCUT2D eigenvalue weighted by Crippen LogP contribution is -2.41. The van der Waals surface area contributed by atoms with Crippen LogP contribution in [0.5, 0.6) is 11.5 Å². The molecule has 0 spiro atoms. The van der Waals surface area contributed by atoms with Crippen molar-refractivity contribution in [1.29, 1.82) is 5.26 Å². The zero-order chi connectivity index (χ0) is 16.8. The van der Waals surface area contributed by atoms with Gasteiger partial charge in [-0.1, -0.05) is 18.2 Å². The van der Waals surface area contributed by atoms with Crippen LogP contribution in [-0.4, -0.2) is 30.9 Å². The average molecular weight is 346 g/mol. The van der Waals surface area contributed by atoms with E-state index in [1.54, 1.807) is 38.4 Å². The van der Waals surface area contributed by atoms with Gasteiger partial charge < -0.3 is 15.4 Å². The van der Waals surface area contributed by atoms with Gasteiger partial charge in [-0.3, -0.25) is 4.79 Å². The molecule has 24 heavy (non-hydrogen) atoms. The predicted molar refractivity (Wildman–Crippen MR) is 95.3 cm³/mol. The predicted octanol–water partition coefficient (Wildman–Crippen LogP) is 2.73. The first-order valence-corrected chi connectivity index (χ1v) is 7.23. The van der Waals surface area contributed by atoms with E-state index >= 15 is 0 Å². The van der Waals surface area contributed by atoms with Gasteiger partial charge in [0.05, 0.1) is 17.7 Å². The molecule has 0 aliphatic heterocycles. The Balaban J connectivity index is 0.00000288. The molecule has 1 amide bonds. The first kappa shape index (κ1) is 19.5. The van der Waals surface area contributed by atoms with E-state index in [0.29, 0.717) is 23.5 Å². The van der Waals surface area contributed by atoms with Gasteiger partial charge in [0.15, 0.2) is 0 Å². The second-order valence-electron chi connectivity index (χ2n) is 5.43. The van der Waals surface area contributed by atoms with Gasteiger partial charge in [0, 0.05) is 14.1 Å². The van der Waals surface area contributed by atoms with Crippen LogP contribution in [0, 0.1) is 11.3 Å². The van der Waals surface area contributed by atoms with Crippen molar-refractivity contribution in [3.63, 3.8) is 0 Å². The van der Waals surface area contributed by atoms with Gasteiger partial charge in [-0.15, -0.1) is 12.4 Å². The minimum atomic E-state index is -0.581. The number of hydrogen-bond donors (Lipinski definition) is 1. The molecule has 2 rings (SSSR count). The molecule has 0 aliphatic rings. The Kier molecular flexibility index (Phi) is 7.25. The summed E-state index contributed by atoms with van der Waals surface area (Å²) in [6, 6.07) is 15.9. The van der Waals surface area contributed by atoms with Crippen LogP contribution < -0.4 is 10.5 Å². The summed E-state index contributed by atoms with van der Waals surface area (Å²) in [5, 5.41) is 8.91. The average Bonchev–Trinajstić information content (AvgIpc) is 2.54. The van der Waals surface area contributed by atoms with Crippen molar-refractivity contribution in [1.82, 2.24) is 4.90 Å². The summed E-state index contributed by atoms with van der Waals surface area (Å²) in [6.07, 6.45) is 0.437. The Morgan fingerprint density at radius 2 is 1.83 bits per heavy atom. The van der Waals surface area contributed by atoms with E-state index < -0.39 is 6.04 Å². The SMILES string of the molecule is CN(C)C(=O)C(N)Cc1cccc(Oc2cccc(C#N)c2)c1.Cl. The van der Waals surface area contributed by atoms with Crippen LogP contribution in [0.1, 0.15) is 11.1 Å². The Bertz CT molecular complexity index is 741. The van der Waals surface area contributed by atoms with Gasteiger partial charge in [-0.05, 0) is 42.3 Å². The summed E-state index contributed by atoms with van der Waals surface area (Å²) in [7, 11) is 3.37. The fourth-order valence-electron chi connectivity index (χ4n) is 2.17. The van der Waals surface area contributed by atoms with E-state index in [1.807, 2.05) is 24.3 Å². The number of likely N-dealkylation sites (N-methyl/N-ethyl adjacent to an activating group) is 1. The van der Waals surface area contributed by atoms with E-state index in [0.717, 1.165) is 5.56 Å². The van der Waals surface area contributed by atoms with Crippen molar-refractivity contribution in [2.45, 2.75) is 12.5 Å².